The number of nitrogens with two attached hydrogens (primary N) is 1. The number of benzene rings is 1. The number of rotatable bonds is 3. The van der Waals surface area contributed by atoms with E-state index in [-0.39, 0.29) is 30.0 Å². The van der Waals surface area contributed by atoms with Crippen molar-refractivity contribution in [2.24, 2.45) is 0 Å². The van der Waals surface area contributed by atoms with Crippen LogP contribution >= 0.6 is 0 Å². The van der Waals surface area contributed by atoms with Crippen LogP contribution in [0, 0.1) is 17.1 Å². The van der Waals surface area contributed by atoms with E-state index in [1.807, 2.05) is 0 Å². The Morgan fingerprint density at radius 2 is 2.05 bits per heavy atom. The van der Waals surface area contributed by atoms with Gasteiger partial charge in [-0.1, -0.05) is 0 Å². The van der Waals surface area contributed by atoms with Crippen molar-refractivity contribution in [2.75, 3.05) is 36.8 Å². The van der Waals surface area contributed by atoms with Gasteiger partial charge in [0.1, 0.15) is 17.4 Å². The molecule has 0 amide bonds. The van der Waals surface area contributed by atoms with Crippen LogP contribution in [-0.4, -0.2) is 39.0 Å². The molecule has 0 radical (unpaired) electrons. The van der Waals surface area contributed by atoms with Crippen LogP contribution in [0.3, 0.4) is 0 Å². The molecule has 108 valence electrons. The van der Waals surface area contributed by atoms with Gasteiger partial charge in [-0.05, 0) is 12.1 Å². The van der Waals surface area contributed by atoms with Crippen LogP contribution in [-0.2, 0) is 14.9 Å². The third-order valence-electron chi connectivity index (χ3n) is 2.86. The minimum atomic E-state index is -3.81. The van der Waals surface area contributed by atoms with Gasteiger partial charge in [0.2, 0.25) is 0 Å². The SMILES string of the molecule is N#Cc1c(F)ccc(NS(=O)(=O)N2CCOCC2)c1N. The van der Waals surface area contributed by atoms with E-state index in [0.717, 1.165) is 6.07 Å². The quantitative estimate of drug-likeness (QED) is 0.779. The largest absolute Gasteiger partial charge is 0.396 e. The average molecular weight is 300 g/mol. The lowest BCUT2D eigenvalue weighted by molar-refractivity contribution is 0.0733. The second kappa shape index (κ2) is 5.62. The zero-order chi connectivity index (χ0) is 14.8. The molecule has 2 rings (SSSR count). The summed E-state index contributed by atoms with van der Waals surface area (Å²) in [5.74, 6) is -0.792. The van der Waals surface area contributed by atoms with Gasteiger partial charge in [-0.15, -0.1) is 0 Å². The molecule has 0 bridgehead atoms. The average Bonchev–Trinajstić information content (AvgIpc) is 2.44. The molecule has 1 heterocycles. The van der Waals surface area contributed by atoms with E-state index in [2.05, 4.69) is 4.72 Å². The van der Waals surface area contributed by atoms with Crippen molar-refractivity contribution in [3.05, 3.63) is 23.5 Å². The van der Waals surface area contributed by atoms with Crippen LogP contribution in [0.4, 0.5) is 15.8 Å². The van der Waals surface area contributed by atoms with Gasteiger partial charge < -0.3 is 10.5 Å². The van der Waals surface area contributed by atoms with Crippen LogP contribution < -0.4 is 10.5 Å². The lowest BCUT2D eigenvalue weighted by Crippen LogP contribution is -2.43. The highest BCUT2D eigenvalue weighted by atomic mass is 32.2. The van der Waals surface area contributed by atoms with Gasteiger partial charge in [0.05, 0.1) is 24.6 Å². The third kappa shape index (κ3) is 2.82. The number of hydrogen-bond donors (Lipinski definition) is 2. The molecule has 1 aliphatic rings. The molecule has 9 heteroatoms. The predicted octanol–water partition coefficient (Wildman–Crippen LogP) is 0.268. The van der Waals surface area contributed by atoms with Crippen molar-refractivity contribution in [2.45, 2.75) is 0 Å². The zero-order valence-electron chi connectivity index (χ0n) is 10.5. The van der Waals surface area contributed by atoms with Crippen LogP contribution in [0.15, 0.2) is 12.1 Å². The Morgan fingerprint density at radius 1 is 1.40 bits per heavy atom. The number of halogens is 1. The first-order valence-corrected chi connectivity index (χ1v) is 7.23. The third-order valence-corrected chi connectivity index (χ3v) is 4.38. The van der Waals surface area contributed by atoms with Gasteiger partial charge in [0, 0.05) is 13.1 Å². The molecule has 1 aromatic carbocycles. The Morgan fingerprint density at radius 3 is 2.65 bits per heavy atom. The maximum Gasteiger partial charge on any atom is 0.301 e. The molecule has 0 unspecified atom stereocenters. The summed E-state index contributed by atoms with van der Waals surface area (Å²) in [6, 6.07) is 3.78. The molecule has 20 heavy (non-hydrogen) atoms. The second-order valence-corrected chi connectivity index (χ2v) is 5.78. The number of nitrogen functional groups attached to an aromatic ring is 1. The molecule has 0 aliphatic carbocycles. The van der Waals surface area contributed by atoms with E-state index in [1.165, 1.54) is 10.4 Å². The first-order chi connectivity index (χ1) is 9.45. The summed E-state index contributed by atoms with van der Waals surface area (Å²) < 4.78 is 46.1. The molecule has 0 aromatic heterocycles. The van der Waals surface area contributed by atoms with E-state index in [4.69, 9.17) is 15.7 Å². The molecule has 0 spiro atoms. The number of nitriles is 1. The lowest BCUT2D eigenvalue weighted by atomic mass is 10.1. The van der Waals surface area contributed by atoms with Gasteiger partial charge in [0.25, 0.3) is 0 Å². The van der Waals surface area contributed by atoms with E-state index >= 15 is 0 Å². The first kappa shape index (κ1) is 14.5. The second-order valence-electron chi connectivity index (χ2n) is 4.11. The van der Waals surface area contributed by atoms with Crippen molar-refractivity contribution >= 4 is 21.6 Å². The summed E-state index contributed by atoms with van der Waals surface area (Å²) in [5.41, 5.74) is 4.97. The smallest absolute Gasteiger partial charge is 0.301 e. The molecule has 1 aliphatic heterocycles. The fourth-order valence-corrected chi connectivity index (χ4v) is 3.00. The Hall–Kier alpha value is -1.89. The molecule has 0 atom stereocenters. The van der Waals surface area contributed by atoms with Crippen LogP contribution in [0.2, 0.25) is 0 Å². The fraction of sp³-hybridized carbons (Fsp3) is 0.364. The van der Waals surface area contributed by atoms with Crippen LogP contribution in [0.5, 0.6) is 0 Å². The highest BCUT2D eigenvalue weighted by Crippen LogP contribution is 2.26. The Bertz CT molecular complexity index is 650. The van der Waals surface area contributed by atoms with Gasteiger partial charge in [-0.25, -0.2) is 4.39 Å². The Kier molecular flexibility index (Phi) is 4.08. The monoisotopic (exact) mass is 300 g/mol. The fourth-order valence-electron chi connectivity index (χ4n) is 1.79. The summed E-state index contributed by atoms with van der Waals surface area (Å²) in [6.07, 6.45) is 0. The van der Waals surface area contributed by atoms with Crippen molar-refractivity contribution in [1.29, 1.82) is 5.26 Å². The lowest BCUT2D eigenvalue weighted by Gasteiger charge is -2.26. The minimum absolute atomic E-state index is 0.0190. The maximum atomic E-state index is 13.3. The normalized spacial score (nSPS) is 16.6. The zero-order valence-corrected chi connectivity index (χ0v) is 11.3. The van der Waals surface area contributed by atoms with Gasteiger partial charge >= 0.3 is 10.2 Å². The van der Waals surface area contributed by atoms with E-state index in [9.17, 15) is 12.8 Å². The van der Waals surface area contributed by atoms with Gasteiger partial charge in [0.15, 0.2) is 0 Å². The number of ether oxygens (including phenoxy) is 1. The predicted molar refractivity (Wildman–Crippen MR) is 70.5 cm³/mol. The molecule has 0 saturated carbocycles. The summed E-state index contributed by atoms with van der Waals surface area (Å²) >= 11 is 0. The first-order valence-electron chi connectivity index (χ1n) is 5.79. The van der Waals surface area contributed by atoms with Crippen molar-refractivity contribution in [3.8, 4) is 6.07 Å². The maximum absolute atomic E-state index is 13.3. The summed E-state index contributed by atoms with van der Waals surface area (Å²) in [7, 11) is -3.81. The van der Waals surface area contributed by atoms with Crippen LogP contribution in [0.25, 0.3) is 0 Å². The van der Waals surface area contributed by atoms with E-state index in [1.54, 1.807) is 6.07 Å². The van der Waals surface area contributed by atoms with Gasteiger partial charge in [-0.2, -0.15) is 18.0 Å². The highest BCUT2D eigenvalue weighted by molar-refractivity contribution is 7.90. The van der Waals surface area contributed by atoms with Crippen LogP contribution in [0.1, 0.15) is 5.56 Å². The molecule has 1 fully saturated rings. The Labute approximate surface area is 115 Å². The number of hydrogen-bond acceptors (Lipinski definition) is 5. The molecular formula is C11H13FN4O3S. The Balaban J connectivity index is 2.28. The minimum Gasteiger partial charge on any atom is -0.396 e. The van der Waals surface area contributed by atoms with Gasteiger partial charge in [-0.3, -0.25) is 4.72 Å². The topological polar surface area (TPSA) is 108 Å². The van der Waals surface area contributed by atoms with E-state index < -0.39 is 16.0 Å². The van der Waals surface area contributed by atoms with Crippen molar-refractivity contribution in [1.82, 2.24) is 4.31 Å². The number of nitrogens with one attached hydrogen (secondary N) is 1. The van der Waals surface area contributed by atoms with Crippen molar-refractivity contribution in [3.63, 3.8) is 0 Å². The molecule has 3 N–H and O–H groups in total. The summed E-state index contributed by atoms with van der Waals surface area (Å²) in [4.78, 5) is 0. The standard InChI is InChI=1S/C11H13FN4O3S/c12-9-1-2-10(11(14)8(9)7-13)15-20(17,18)16-3-5-19-6-4-16/h1-2,15H,3-6,14H2. The number of morpholine rings is 1. The molecular weight excluding hydrogens is 287 g/mol. The molecule has 1 aromatic rings. The number of anilines is 2. The van der Waals surface area contributed by atoms with Crippen molar-refractivity contribution < 1.29 is 17.5 Å². The molecule has 7 nitrogen and oxygen atoms in total. The highest BCUT2D eigenvalue weighted by Gasteiger charge is 2.25. The summed E-state index contributed by atoms with van der Waals surface area (Å²) in [6.45, 7) is 1.07. The summed E-state index contributed by atoms with van der Waals surface area (Å²) in [5, 5.41) is 8.80. The number of nitrogens with zero attached hydrogens (tertiary/aromatic N) is 2. The van der Waals surface area contributed by atoms with E-state index in [0.29, 0.717) is 13.2 Å². The molecule has 1 saturated heterocycles.